The monoisotopic (exact) mass is 672 g/mol. The zero-order chi connectivity index (χ0) is 34.8. The van der Waals surface area contributed by atoms with Crippen LogP contribution in [0.25, 0.3) is 55.1 Å². The predicted molar refractivity (Wildman–Crippen MR) is 215 cm³/mol. The van der Waals surface area contributed by atoms with Crippen LogP contribution in [0, 0.1) is 0 Å². The summed E-state index contributed by atoms with van der Waals surface area (Å²) < 4.78 is 2.45. The van der Waals surface area contributed by atoms with Crippen molar-refractivity contribution in [2.24, 2.45) is 4.99 Å². The van der Waals surface area contributed by atoms with Gasteiger partial charge < -0.3 is 20.5 Å². The topological polar surface area (TPSA) is 55.5 Å². The molecule has 3 aliphatic rings. The first kappa shape index (κ1) is 30.6. The molecule has 2 N–H and O–H groups in total. The Kier molecular flexibility index (Phi) is 7.05. The molecule has 2 atom stereocenters. The summed E-state index contributed by atoms with van der Waals surface area (Å²) in [6.45, 7) is 5.37. The van der Waals surface area contributed by atoms with Gasteiger partial charge in [0.25, 0.3) is 0 Å². The normalized spacial score (nSPS) is 18.8. The van der Waals surface area contributed by atoms with E-state index in [1.807, 2.05) is 12.1 Å². The Labute approximate surface area is 304 Å². The molecule has 6 aromatic carbocycles. The molecule has 7 aromatic rings. The van der Waals surface area contributed by atoms with Gasteiger partial charge >= 0.3 is 0 Å². The largest absolute Gasteiger partial charge is 0.611 e. The highest BCUT2D eigenvalue weighted by atomic mass is 15.3. The minimum absolute atomic E-state index is 0.0712. The lowest BCUT2D eigenvalue weighted by Gasteiger charge is -2.45. The lowest BCUT2D eigenvalue weighted by atomic mass is 9.82. The molecule has 1 aliphatic carbocycles. The Balaban J connectivity index is 1.02. The number of rotatable bonds is 5. The van der Waals surface area contributed by atoms with E-state index in [4.69, 9.17) is 10.3 Å². The summed E-state index contributed by atoms with van der Waals surface area (Å²) in [5.41, 5.74) is 14.6. The van der Waals surface area contributed by atoms with E-state index in [0.717, 1.165) is 22.7 Å². The summed E-state index contributed by atoms with van der Waals surface area (Å²) >= 11 is 0. The van der Waals surface area contributed by atoms with Gasteiger partial charge in [0.05, 0.1) is 17.6 Å². The van der Waals surface area contributed by atoms with Crippen LogP contribution in [-0.4, -0.2) is 23.1 Å². The molecule has 10 rings (SSSR count). The van der Waals surface area contributed by atoms with E-state index in [-0.39, 0.29) is 17.7 Å². The van der Waals surface area contributed by atoms with Gasteiger partial charge in [-0.2, -0.15) is 0 Å². The van der Waals surface area contributed by atoms with Gasteiger partial charge in [-0.05, 0) is 81.6 Å². The second-order valence-electron chi connectivity index (χ2n) is 14.5. The number of hydrogen-bond donors (Lipinski definition) is 2. The van der Waals surface area contributed by atoms with E-state index >= 15 is 0 Å². The third kappa shape index (κ3) is 4.92. The first-order valence-electron chi connectivity index (χ1n) is 18.1. The number of nitrogens with one attached hydrogen (secondary N) is 2. The zero-order valence-electron chi connectivity index (χ0n) is 29.2. The van der Waals surface area contributed by atoms with Crippen LogP contribution in [0.2, 0.25) is 0 Å². The maximum Gasteiger partial charge on any atom is 0.126 e. The SMILES string of the molecule is CC1(C)c2ccccc2-c2cc3c4ccccc4n(C4=CC=C(C5[N-]C(c6ccccc6)N=C(c6ccc(-c7ccccc7)cc6)N5)NC4)c3cc21. The van der Waals surface area contributed by atoms with Crippen molar-refractivity contribution in [2.75, 3.05) is 6.54 Å². The molecule has 5 heteroatoms. The highest BCUT2D eigenvalue weighted by Crippen LogP contribution is 2.51. The maximum atomic E-state index is 5.21. The Bertz CT molecular complexity index is 2590. The number of dihydropyridines is 1. The van der Waals surface area contributed by atoms with Crippen molar-refractivity contribution in [2.45, 2.75) is 31.6 Å². The third-order valence-corrected chi connectivity index (χ3v) is 11.1. The van der Waals surface area contributed by atoms with Gasteiger partial charge in [-0.15, -0.1) is 0 Å². The predicted octanol–water partition coefficient (Wildman–Crippen LogP) is 10.5. The molecular weight excluding hydrogens is 635 g/mol. The van der Waals surface area contributed by atoms with E-state index in [1.165, 1.54) is 60.9 Å². The molecule has 2 unspecified atom stereocenters. The van der Waals surface area contributed by atoms with Crippen molar-refractivity contribution in [1.82, 2.24) is 15.2 Å². The van der Waals surface area contributed by atoms with Crippen LogP contribution in [0.4, 0.5) is 0 Å². The summed E-state index contributed by atoms with van der Waals surface area (Å²) in [7, 11) is 0. The molecule has 0 saturated carbocycles. The number of aromatic nitrogens is 1. The number of nitrogens with zero attached hydrogens (tertiary/aromatic N) is 3. The van der Waals surface area contributed by atoms with Crippen LogP contribution in [0.5, 0.6) is 0 Å². The van der Waals surface area contributed by atoms with Crippen molar-refractivity contribution >= 4 is 33.3 Å². The Morgan fingerprint density at radius 1 is 0.635 bits per heavy atom. The second-order valence-corrected chi connectivity index (χ2v) is 14.5. The lowest BCUT2D eigenvalue weighted by Crippen LogP contribution is -2.44. The highest BCUT2D eigenvalue weighted by molar-refractivity contribution is 6.12. The fourth-order valence-electron chi connectivity index (χ4n) is 8.36. The van der Waals surface area contributed by atoms with E-state index in [2.05, 4.69) is 175 Å². The molecule has 0 radical (unpaired) electrons. The van der Waals surface area contributed by atoms with Gasteiger partial charge in [-0.25, -0.2) is 0 Å². The zero-order valence-corrected chi connectivity index (χ0v) is 29.2. The quantitative estimate of drug-likeness (QED) is 0.191. The van der Waals surface area contributed by atoms with Crippen LogP contribution in [0.1, 0.15) is 42.3 Å². The molecule has 1 aromatic heterocycles. The maximum absolute atomic E-state index is 5.21. The minimum atomic E-state index is -0.323. The van der Waals surface area contributed by atoms with E-state index in [9.17, 15) is 0 Å². The number of amidine groups is 1. The van der Waals surface area contributed by atoms with Gasteiger partial charge in [-0.1, -0.05) is 141 Å². The lowest BCUT2D eigenvalue weighted by molar-refractivity contribution is 0.622. The van der Waals surface area contributed by atoms with Crippen molar-refractivity contribution in [3.63, 3.8) is 0 Å². The van der Waals surface area contributed by atoms with Crippen LogP contribution >= 0.6 is 0 Å². The van der Waals surface area contributed by atoms with E-state index < -0.39 is 0 Å². The summed E-state index contributed by atoms with van der Waals surface area (Å²) in [5, 5.41) is 15.2. The molecule has 0 amide bonds. The van der Waals surface area contributed by atoms with E-state index in [0.29, 0.717) is 6.54 Å². The molecule has 3 heterocycles. The van der Waals surface area contributed by atoms with E-state index in [1.54, 1.807) is 0 Å². The third-order valence-electron chi connectivity index (χ3n) is 11.1. The molecule has 5 nitrogen and oxygen atoms in total. The molecule has 0 saturated heterocycles. The number of aliphatic imine (C=N–C) groups is 1. The van der Waals surface area contributed by atoms with Gasteiger partial charge in [0, 0.05) is 33.1 Å². The molecule has 0 spiro atoms. The molecule has 252 valence electrons. The molecule has 52 heavy (non-hydrogen) atoms. The smallest absolute Gasteiger partial charge is 0.126 e. The van der Waals surface area contributed by atoms with Crippen LogP contribution in [-0.2, 0) is 5.41 Å². The molecule has 0 bridgehead atoms. The average molecular weight is 673 g/mol. The summed E-state index contributed by atoms with van der Waals surface area (Å²) in [4.78, 5) is 5.11. The Morgan fingerprint density at radius 3 is 2.12 bits per heavy atom. The first-order valence-corrected chi connectivity index (χ1v) is 18.1. The van der Waals surface area contributed by atoms with Crippen molar-refractivity contribution < 1.29 is 0 Å². The molecule has 2 aliphatic heterocycles. The fourth-order valence-corrected chi connectivity index (χ4v) is 8.36. The number of allylic oxidation sites excluding steroid dienone is 2. The summed E-state index contributed by atoms with van der Waals surface area (Å²) in [6.07, 6.45) is 3.85. The minimum Gasteiger partial charge on any atom is -0.611 e. The summed E-state index contributed by atoms with van der Waals surface area (Å²) in [6, 6.07) is 52.0. The fraction of sp³-hybridized carbons (Fsp3) is 0.128. The Morgan fingerprint density at radius 2 is 1.33 bits per heavy atom. The van der Waals surface area contributed by atoms with Crippen LogP contribution in [0.3, 0.4) is 0 Å². The van der Waals surface area contributed by atoms with Gasteiger partial charge in [0.1, 0.15) is 5.84 Å². The summed E-state index contributed by atoms with van der Waals surface area (Å²) in [5.74, 6) is 0.839. The molecular formula is C47H38N5-. The number of fused-ring (bicyclic) bond motifs is 6. The number of hydrogen-bond acceptors (Lipinski definition) is 3. The first-order chi connectivity index (χ1) is 25.5. The van der Waals surface area contributed by atoms with Gasteiger partial charge in [0.2, 0.25) is 0 Å². The number of para-hydroxylation sites is 1. The highest BCUT2D eigenvalue weighted by Gasteiger charge is 2.36. The number of benzene rings is 6. The van der Waals surface area contributed by atoms with Gasteiger partial charge in [0.15, 0.2) is 0 Å². The average Bonchev–Trinajstić information content (AvgIpc) is 3.65. The Hall–Kier alpha value is -6.17. The molecule has 0 fully saturated rings. The van der Waals surface area contributed by atoms with Crippen LogP contribution < -0.4 is 10.6 Å². The van der Waals surface area contributed by atoms with Crippen molar-refractivity contribution in [3.05, 3.63) is 191 Å². The van der Waals surface area contributed by atoms with Crippen LogP contribution in [0.15, 0.2) is 168 Å². The standard InChI is InChI=1S/C47H38N5/c1-47(2)39-19-11-9-17-35(39)37-27-38-36-18-10-12-20-42(36)52(43(38)28-40(37)47)34-25-26-41(48-29-34)46-50-44(32-15-7-4-8-16-32)49-45(51-46)33-23-21-31(22-24-33)30-13-5-3-6-14-30/h3-28,44,46,48H,29H2,1-2H3,(H,49,51)/q-1. The van der Waals surface area contributed by atoms with Crippen molar-refractivity contribution in [1.29, 1.82) is 0 Å². The second kappa shape index (κ2) is 12.0. The van der Waals surface area contributed by atoms with Gasteiger partial charge in [-0.3, -0.25) is 4.99 Å². The van der Waals surface area contributed by atoms with Crippen molar-refractivity contribution in [3.8, 4) is 22.3 Å².